The number of nitriles is 1. The molecule has 2 rings (SSSR count). The zero-order chi connectivity index (χ0) is 18.1. The predicted octanol–water partition coefficient (Wildman–Crippen LogP) is 1.96. The van der Waals surface area contributed by atoms with Gasteiger partial charge in [-0.25, -0.2) is 13.1 Å². The number of aromatic hydroxyl groups is 1. The van der Waals surface area contributed by atoms with Crippen molar-refractivity contribution in [1.29, 1.82) is 5.26 Å². The highest BCUT2D eigenvalue weighted by atomic mass is 35.5. The fourth-order valence-electron chi connectivity index (χ4n) is 2.29. The summed E-state index contributed by atoms with van der Waals surface area (Å²) in [4.78, 5) is 12.5. The van der Waals surface area contributed by atoms with E-state index in [2.05, 4.69) is 5.10 Å². The van der Waals surface area contributed by atoms with E-state index in [1.165, 1.54) is 23.0 Å². The van der Waals surface area contributed by atoms with E-state index in [9.17, 15) is 18.3 Å². The number of aryl methyl sites for hydroxylation is 1. The molecule has 0 saturated carbocycles. The van der Waals surface area contributed by atoms with Crippen LogP contribution in [0.2, 0.25) is 5.02 Å². The van der Waals surface area contributed by atoms with Crippen molar-refractivity contribution in [3.8, 4) is 11.9 Å². The van der Waals surface area contributed by atoms with Crippen molar-refractivity contribution in [2.24, 2.45) is 0 Å². The van der Waals surface area contributed by atoms with Crippen molar-refractivity contribution in [2.45, 2.75) is 24.8 Å². The molecule has 0 aliphatic rings. The third-order valence-corrected chi connectivity index (χ3v) is 5.07. The normalized spacial score (nSPS) is 11.2. The first-order valence-corrected chi connectivity index (χ1v) is 9.17. The maximum atomic E-state index is 12.6. The first kappa shape index (κ1) is 18.0. The van der Waals surface area contributed by atoms with Crippen LogP contribution in [0.5, 0.6) is 5.88 Å². The topological polar surface area (TPSA) is 113 Å². The minimum atomic E-state index is -3.61. The van der Waals surface area contributed by atoms with Gasteiger partial charge in [0.25, 0.3) is 0 Å². The van der Waals surface area contributed by atoms with E-state index in [0.717, 1.165) is 6.26 Å². The van der Waals surface area contributed by atoms with E-state index in [4.69, 9.17) is 16.9 Å². The Kier molecular flexibility index (Phi) is 4.96. The number of benzene rings is 1. The molecule has 0 aliphatic heterocycles. The van der Waals surface area contributed by atoms with Crippen molar-refractivity contribution in [2.75, 3.05) is 6.26 Å². The van der Waals surface area contributed by atoms with Crippen molar-refractivity contribution < 1.29 is 18.3 Å². The van der Waals surface area contributed by atoms with E-state index in [1.807, 2.05) is 6.07 Å². The summed E-state index contributed by atoms with van der Waals surface area (Å²) in [5, 5.41) is 22.7. The summed E-state index contributed by atoms with van der Waals surface area (Å²) in [7, 11) is -3.61. The van der Waals surface area contributed by atoms with Crippen molar-refractivity contribution in [3.63, 3.8) is 0 Å². The molecule has 9 heteroatoms. The monoisotopic (exact) mass is 367 g/mol. The number of aromatic nitrogens is 2. The Morgan fingerprint density at radius 2 is 2.08 bits per heavy atom. The molecule has 1 aromatic heterocycles. The second kappa shape index (κ2) is 6.63. The fraction of sp³-hybridized carbons (Fsp3) is 0.267. The number of sulfone groups is 1. The van der Waals surface area contributed by atoms with E-state index >= 15 is 0 Å². The Balaban J connectivity index is 2.63. The van der Waals surface area contributed by atoms with Crippen LogP contribution in [-0.2, 0) is 22.8 Å². The minimum Gasteiger partial charge on any atom is -0.493 e. The fourth-order valence-corrected chi connectivity index (χ4v) is 3.60. The number of nitrogens with zero attached hydrogens (tertiary/aromatic N) is 3. The Morgan fingerprint density at radius 1 is 1.42 bits per heavy atom. The highest BCUT2D eigenvalue weighted by molar-refractivity contribution is 7.90. The second-order valence-electron chi connectivity index (χ2n) is 5.04. The maximum absolute atomic E-state index is 12.6. The van der Waals surface area contributed by atoms with Crippen molar-refractivity contribution in [1.82, 2.24) is 9.78 Å². The first-order chi connectivity index (χ1) is 11.2. The van der Waals surface area contributed by atoms with Crippen LogP contribution in [0.1, 0.15) is 28.4 Å². The molecule has 0 amide bonds. The number of carbonyl (C=O) groups is 1. The predicted molar refractivity (Wildman–Crippen MR) is 86.9 cm³/mol. The number of hydrogen-bond acceptors (Lipinski definition) is 6. The summed E-state index contributed by atoms with van der Waals surface area (Å²) in [6.07, 6.45) is 1.95. The second-order valence-corrected chi connectivity index (χ2v) is 7.40. The SMILES string of the molecule is CCn1ncc(C(=O)c2ccc(S(C)(=O)=O)c(CC#N)c2Cl)c1O. The zero-order valence-corrected chi connectivity index (χ0v) is 14.5. The Hall–Kier alpha value is -2.37. The molecule has 0 spiro atoms. The lowest BCUT2D eigenvalue weighted by molar-refractivity contribution is 0.103. The molecule has 1 N–H and O–H groups in total. The van der Waals surface area contributed by atoms with Gasteiger partial charge in [-0.3, -0.25) is 4.79 Å². The van der Waals surface area contributed by atoms with Gasteiger partial charge in [0.2, 0.25) is 11.7 Å². The third kappa shape index (κ3) is 3.13. The lowest BCUT2D eigenvalue weighted by atomic mass is 10.0. The average Bonchev–Trinajstić information content (AvgIpc) is 2.88. The van der Waals surface area contributed by atoms with Gasteiger partial charge in [-0.2, -0.15) is 10.4 Å². The van der Waals surface area contributed by atoms with Gasteiger partial charge in [0.15, 0.2) is 9.84 Å². The zero-order valence-electron chi connectivity index (χ0n) is 12.9. The first-order valence-electron chi connectivity index (χ1n) is 6.90. The maximum Gasteiger partial charge on any atom is 0.220 e. The summed E-state index contributed by atoms with van der Waals surface area (Å²) in [5.74, 6) is -0.899. The van der Waals surface area contributed by atoms with Crippen molar-refractivity contribution in [3.05, 3.63) is 40.0 Å². The van der Waals surface area contributed by atoms with Gasteiger partial charge in [-0.1, -0.05) is 11.6 Å². The van der Waals surface area contributed by atoms with E-state index in [0.29, 0.717) is 6.54 Å². The lowest BCUT2D eigenvalue weighted by Crippen LogP contribution is -2.08. The molecule has 0 atom stereocenters. The van der Waals surface area contributed by atoms with E-state index in [-0.39, 0.29) is 38.9 Å². The highest BCUT2D eigenvalue weighted by Gasteiger charge is 2.25. The number of hydrogen-bond donors (Lipinski definition) is 1. The van der Waals surface area contributed by atoms with Crippen LogP contribution in [-0.4, -0.2) is 35.3 Å². The lowest BCUT2D eigenvalue weighted by Gasteiger charge is -2.11. The summed E-state index contributed by atoms with van der Waals surface area (Å²) in [6, 6.07) is 4.35. The average molecular weight is 368 g/mol. The molecule has 1 aromatic carbocycles. The van der Waals surface area contributed by atoms with Crippen LogP contribution < -0.4 is 0 Å². The molecule has 0 radical (unpaired) electrons. The van der Waals surface area contributed by atoms with Gasteiger partial charge in [0.1, 0.15) is 5.56 Å². The summed E-state index contributed by atoms with van der Waals surface area (Å²) in [5.41, 5.74) is 0.0175. The van der Waals surface area contributed by atoms with Crippen LogP contribution in [0.4, 0.5) is 0 Å². The highest BCUT2D eigenvalue weighted by Crippen LogP contribution is 2.31. The molecule has 2 aromatic rings. The van der Waals surface area contributed by atoms with Gasteiger partial charge in [0.05, 0.1) is 28.6 Å². The number of rotatable bonds is 5. The van der Waals surface area contributed by atoms with E-state index < -0.39 is 15.6 Å². The molecule has 0 saturated heterocycles. The number of ketones is 1. The van der Waals surface area contributed by atoms with E-state index in [1.54, 1.807) is 6.92 Å². The molecule has 0 aliphatic carbocycles. The van der Waals surface area contributed by atoms with Crippen LogP contribution in [0, 0.1) is 11.3 Å². The van der Waals surface area contributed by atoms with Crippen molar-refractivity contribution >= 4 is 27.2 Å². The largest absolute Gasteiger partial charge is 0.493 e. The van der Waals surface area contributed by atoms with Gasteiger partial charge >= 0.3 is 0 Å². The number of carbonyl (C=O) groups excluding carboxylic acids is 1. The molecule has 1 heterocycles. The van der Waals surface area contributed by atoms with Gasteiger partial charge in [0, 0.05) is 23.9 Å². The van der Waals surface area contributed by atoms with Gasteiger partial charge < -0.3 is 5.11 Å². The standard InChI is InChI=1S/C15H14ClN3O4S/c1-3-19-15(21)11(8-18-19)14(20)10-4-5-12(24(2,22)23)9(6-7-17)13(10)16/h4-5,8,21H,3,6H2,1-2H3. The van der Waals surface area contributed by atoms with Gasteiger partial charge in [-0.15, -0.1) is 0 Å². The molecule has 24 heavy (non-hydrogen) atoms. The van der Waals surface area contributed by atoms with Crippen LogP contribution in [0.15, 0.2) is 23.2 Å². The molecular formula is C15H14ClN3O4S. The smallest absolute Gasteiger partial charge is 0.220 e. The van der Waals surface area contributed by atoms with Crippen LogP contribution >= 0.6 is 11.6 Å². The molecule has 7 nitrogen and oxygen atoms in total. The molecule has 0 unspecified atom stereocenters. The minimum absolute atomic E-state index is 0.000250. The molecule has 0 bridgehead atoms. The summed E-state index contributed by atoms with van der Waals surface area (Å²) >= 11 is 6.19. The quantitative estimate of drug-likeness (QED) is 0.808. The third-order valence-electron chi connectivity index (χ3n) is 3.46. The van der Waals surface area contributed by atoms with Crippen LogP contribution in [0.25, 0.3) is 0 Å². The Labute approximate surface area is 144 Å². The Bertz CT molecular complexity index is 958. The van der Waals surface area contributed by atoms with Crippen LogP contribution in [0.3, 0.4) is 0 Å². The Morgan fingerprint density at radius 3 is 2.58 bits per heavy atom. The molecule has 126 valence electrons. The van der Waals surface area contributed by atoms with Gasteiger partial charge in [-0.05, 0) is 19.1 Å². The molecule has 0 fully saturated rings. The summed E-state index contributed by atoms with van der Waals surface area (Å²) < 4.78 is 24.9. The molecular weight excluding hydrogens is 354 g/mol. The number of halogens is 1. The summed E-state index contributed by atoms with van der Waals surface area (Å²) in [6.45, 7) is 2.12.